The van der Waals surface area contributed by atoms with E-state index in [2.05, 4.69) is 67.8 Å². The Morgan fingerprint density at radius 1 is 0.573 bits per heavy atom. The fraction of sp³-hybridized carbons (Fsp3) is 0.585. The van der Waals surface area contributed by atoms with Gasteiger partial charge in [-0.1, -0.05) is 72.6 Å². The van der Waals surface area contributed by atoms with Gasteiger partial charge in [-0.15, -0.1) is 0 Å². The Labute approximate surface area is 593 Å². The number of imidazole rings is 1. The Morgan fingerprint density at radius 3 is 1.55 bits per heavy atom. The number of carboxylic acids is 1. The van der Waals surface area contributed by atoms with Crippen LogP contribution in [0.1, 0.15) is 123 Å². The molecule has 2 aliphatic heterocycles. The van der Waals surface area contributed by atoms with Crippen molar-refractivity contribution in [2.24, 2.45) is 57.1 Å². The molecule has 566 valence electrons. The molecule has 2 aromatic heterocycles. The third-order valence-electron chi connectivity index (χ3n) is 18.0. The van der Waals surface area contributed by atoms with Gasteiger partial charge in [-0.2, -0.15) is 0 Å². The molecule has 5 rings (SSSR count). The zero-order valence-corrected chi connectivity index (χ0v) is 58.5. The molecule has 2 saturated heterocycles. The lowest BCUT2D eigenvalue weighted by molar-refractivity contribution is -0.149. The molecule has 0 bridgehead atoms. The van der Waals surface area contributed by atoms with Crippen LogP contribution >= 0.6 is 0 Å². The SMILES string of the molecule is CC[C@H](C)[C@H](NC(=O)[C@H](Cc1cnc[nH]1)NC(=O)[C@@H](NC(=O)[C@@H]1CCCN1C(=O)[C@H](CCCN=C(N)N)NC(=O)[C@@H](NC(=O)[C@H](CC(N)=O)NC(=O)[C@H](CC(N)=O)NC(=O)[C@H](CC(N)=O)NC(=O)[C@@H](N)CO)C(C)C)[C@@H](C)CC)C(=O)N[C@@H](Cc1c[nH]c2ccccc12)C(=O)N1CCC[C@H]1C(=O)O. The first-order valence-electron chi connectivity index (χ1n) is 34.1. The first-order valence-corrected chi connectivity index (χ1v) is 34.1. The van der Waals surface area contributed by atoms with E-state index in [1.807, 2.05) is 24.3 Å². The lowest BCUT2D eigenvalue weighted by Gasteiger charge is -2.33. The molecule has 0 radical (unpaired) electrons. The van der Waals surface area contributed by atoms with Crippen molar-refractivity contribution in [1.29, 1.82) is 0 Å². The van der Waals surface area contributed by atoms with Gasteiger partial charge in [0.25, 0.3) is 0 Å². The number of hydrogen-bond acceptors (Lipinski definition) is 19. The third kappa shape index (κ3) is 24.2. The number of nitrogens with two attached hydrogens (primary N) is 6. The van der Waals surface area contributed by atoms with Crippen LogP contribution in [0.4, 0.5) is 0 Å². The van der Waals surface area contributed by atoms with E-state index in [1.54, 1.807) is 33.9 Å². The van der Waals surface area contributed by atoms with Crippen molar-refractivity contribution in [3.05, 3.63) is 54.2 Å². The van der Waals surface area contributed by atoms with E-state index in [4.69, 9.17) is 34.4 Å². The van der Waals surface area contributed by atoms with Gasteiger partial charge >= 0.3 is 5.97 Å². The normalized spacial score (nSPS) is 17.7. The summed E-state index contributed by atoms with van der Waals surface area (Å²) in [6.45, 7) is 9.12. The number of para-hydroxylation sites is 1. The number of aliphatic imine (C=N–C) groups is 1. The standard InChI is InChI=1S/C65H99N21O17/c1-7-32(5)51(61(99)81-44(63(101)86-21-13-18-46(86)64(102)103)22-34-27-74-38-15-10-9-14-36(34)38)83-56(94)40(23-35-28-72-30-75-35)80-60(98)52(33(6)8-2)84-58(96)45-17-12-20-85(45)62(100)39(16-11-19-73-65(70)71)76-59(97)50(31(3)4)82-57(95)43(26-49(69)90)79-55(93)42(25-48(68)89)78-54(92)41(24-47(67)88)77-53(91)37(66)29-87/h9-10,14-15,27-28,30-33,37,39-46,50-52,74,87H,7-8,11-13,16-26,29,66H2,1-6H3,(H2,67,88)(H2,68,89)(H2,69,90)(H,72,75)(H,76,97)(H,77,91)(H,78,92)(H,79,93)(H,80,98)(H,81,99)(H,82,95)(H,83,94)(H,84,96)(H,102,103)(H4,70,71,73)/t32-,33-,37-,39-,40-,41-,42-,43-,44-,45-,46-,50-,51-,52-/m0/s1. The zero-order valence-electron chi connectivity index (χ0n) is 58.5. The number of likely N-dealkylation sites (tertiary alicyclic amines) is 2. The molecule has 14 atom stereocenters. The summed E-state index contributed by atoms with van der Waals surface area (Å²) in [4.78, 5) is 222. The molecular formula is C65H99N21O17. The van der Waals surface area contributed by atoms with E-state index in [0.717, 1.165) is 10.9 Å². The predicted molar refractivity (Wildman–Crippen MR) is 369 cm³/mol. The number of benzene rings is 1. The molecule has 4 heterocycles. The Kier molecular flexibility index (Phi) is 31.7. The number of amides is 14. The zero-order chi connectivity index (χ0) is 76.5. The Morgan fingerprint density at radius 2 is 1.04 bits per heavy atom. The summed E-state index contributed by atoms with van der Waals surface area (Å²) in [6.07, 6.45) is 2.99. The third-order valence-corrected chi connectivity index (χ3v) is 18.0. The van der Waals surface area contributed by atoms with E-state index in [1.165, 1.54) is 36.2 Å². The molecule has 25 N–H and O–H groups in total. The average molecular weight is 1450 g/mol. The number of aromatic nitrogens is 3. The number of aromatic amines is 2. The summed E-state index contributed by atoms with van der Waals surface area (Å²) in [7, 11) is 0. The van der Waals surface area contributed by atoms with Crippen LogP contribution in [0.3, 0.4) is 0 Å². The number of carboxylic acid groups (broad SMARTS) is 1. The first kappa shape index (κ1) is 82.9. The number of rotatable bonds is 41. The van der Waals surface area contributed by atoms with Crippen molar-refractivity contribution in [3.63, 3.8) is 0 Å². The van der Waals surface area contributed by atoms with Gasteiger partial charge in [0.1, 0.15) is 72.5 Å². The van der Waals surface area contributed by atoms with Crippen LogP contribution in [0.15, 0.2) is 48.0 Å². The highest BCUT2D eigenvalue weighted by molar-refractivity contribution is 6.02. The van der Waals surface area contributed by atoms with Crippen molar-refractivity contribution in [1.82, 2.24) is 72.6 Å². The van der Waals surface area contributed by atoms with Crippen LogP contribution < -0.4 is 82.3 Å². The summed E-state index contributed by atoms with van der Waals surface area (Å²) >= 11 is 0. The van der Waals surface area contributed by atoms with Gasteiger partial charge in [-0.25, -0.2) is 9.78 Å². The number of carbonyl (C=O) groups excluding carboxylic acids is 14. The van der Waals surface area contributed by atoms with E-state index in [0.29, 0.717) is 30.5 Å². The molecular weight excluding hydrogens is 1350 g/mol. The quantitative estimate of drug-likeness (QED) is 0.0143. The maximum atomic E-state index is 14.9. The van der Waals surface area contributed by atoms with Crippen molar-refractivity contribution in [2.75, 3.05) is 26.2 Å². The molecule has 38 heteroatoms. The van der Waals surface area contributed by atoms with Gasteiger partial charge in [-0.05, 0) is 67.9 Å². The number of hydrogen-bond donors (Lipinski definition) is 19. The number of H-pyrrole nitrogens is 2. The van der Waals surface area contributed by atoms with Gasteiger partial charge in [0.05, 0.1) is 32.2 Å². The van der Waals surface area contributed by atoms with Crippen LogP contribution in [0.25, 0.3) is 10.9 Å². The number of aliphatic hydroxyl groups excluding tert-OH is 1. The lowest BCUT2D eigenvalue weighted by Crippen LogP contribution is -2.62. The number of nitrogens with zero attached hydrogens (tertiary/aromatic N) is 4. The van der Waals surface area contributed by atoms with Crippen LogP contribution in [0.5, 0.6) is 0 Å². The van der Waals surface area contributed by atoms with Crippen LogP contribution in [-0.2, 0) is 84.8 Å². The molecule has 0 unspecified atom stereocenters. The highest BCUT2D eigenvalue weighted by atomic mass is 16.4. The minimum Gasteiger partial charge on any atom is -0.480 e. The van der Waals surface area contributed by atoms with Crippen LogP contribution in [-0.4, -0.2) is 228 Å². The largest absolute Gasteiger partial charge is 0.480 e. The van der Waals surface area contributed by atoms with Gasteiger partial charge in [-0.3, -0.25) is 72.1 Å². The predicted octanol–water partition coefficient (Wildman–Crippen LogP) is -6.15. The maximum Gasteiger partial charge on any atom is 0.326 e. The molecule has 1 aromatic carbocycles. The number of nitrogens with one attached hydrogen (secondary N) is 11. The fourth-order valence-corrected chi connectivity index (χ4v) is 11.9. The molecule has 0 spiro atoms. The molecule has 0 saturated carbocycles. The molecule has 103 heavy (non-hydrogen) atoms. The van der Waals surface area contributed by atoms with Gasteiger partial charge < -0.3 is 112 Å². The molecule has 0 aliphatic carbocycles. The Bertz CT molecular complexity index is 3560. The number of fused-ring (bicyclic) bond motifs is 1. The van der Waals surface area contributed by atoms with E-state index in [9.17, 15) is 82.1 Å². The molecule has 2 fully saturated rings. The van der Waals surface area contributed by atoms with E-state index >= 15 is 0 Å². The molecule has 3 aromatic rings. The number of guanidine groups is 1. The number of carbonyl (C=O) groups is 15. The minimum atomic E-state index is -1.96. The van der Waals surface area contributed by atoms with E-state index < -0.39 is 205 Å². The summed E-state index contributed by atoms with van der Waals surface area (Å²) in [5, 5.41) is 42.8. The minimum absolute atomic E-state index is 0.0257. The van der Waals surface area contributed by atoms with Crippen LogP contribution in [0, 0.1) is 17.8 Å². The average Bonchev–Trinajstić information content (AvgIpc) is 1.72. The topological polar surface area (TPSA) is 624 Å². The Hall–Kier alpha value is -10.8. The lowest BCUT2D eigenvalue weighted by atomic mass is 9.95. The molecule has 38 nitrogen and oxygen atoms in total. The smallest absolute Gasteiger partial charge is 0.326 e. The second-order valence-electron chi connectivity index (χ2n) is 26.2. The monoisotopic (exact) mass is 1450 g/mol. The summed E-state index contributed by atoms with van der Waals surface area (Å²) in [6, 6.07) is -10.8. The van der Waals surface area contributed by atoms with Crippen LogP contribution in [0.2, 0.25) is 0 Å². The fourth-order valence-electron chi connectivity index (χ4n) is 11.9. The van der Waals surface area contributed by atoms with Gasteiger partial charge in [0, 0.05) is 61.5 Å². The second-order valence-corrected chi connectivity index (χ2v) is 26.2. The number of aliphatic carboxylic acids is 1. The highest BCUT2D eigenvalue weighted by Crippen LogP contribution is 2.25. The van der Waals surface area contributed by atoms with Crippen molar-refractivity contribution < 1.29 is 82.1 Å². The van der Waals surface area contributed by atoms with Crippen molar-refractivity contribution >= 4 is 106 Å². The second kappa shape index (κ2) is 39.4. The number of primary amides is 3. The van der Waals surface area contributed by atoms with Gasteiger partial charge in [0.15, 0.2) is 5.96 Å². The molecule has 14 amide bonds. The summed E-state index contributed by atoms with van der Waals surface area (Å²) in [5.74, 6) is -17.5. The van der Waals surface area contributed by atoms with Crippen molar-refractivity contribution in [3.8, 4) is 0 Å². The number of aliphatic hydroxyl groups is 1. The highest BCUT2D eigenvalue weighted by Gasteiger charge is 2.44. The Balaban J connectivity index is 1.37. The van der Waals surface area contributed by atoms with Crippen molar-refractivity contribution in [2.45, 2.75) is 198 Å². The first-order chi connectivity index (χ1) is 48.7. The summed E-state index contributed by atoms with van der Waals surface area (Å²) in [5.41, 5.74) is 34.6. The summed E-state index contributed by atoms with van der Waals surface area (Å²) < 4.78 is 0. The van der Waals surface area contributed by atoms with E-state index in [-0.39, 0.29) is 70.5 Å². The molecule has 2 aliphatic rings. The maximum absolute atomic E-state index is 14.9. The van der Waals surface area contributed by atoms with Gasteiger partial charge in [0.2, 0.25) is 82.7 Å².